The van der Waals surface area contributed by atoms with Gasteiger partial charge in [-0.3, -0.25) is 9.59 Å². The molecule has 1 aromatic carbocycles. The molecule has 0 amide bonds. The van der Waals surface area contributed by atoms with E-state index in [0.717, 1.165) is 5.56 Å². The Hall–Kier alpha value is -1.51. The van der Waals surface area contributed by atoms with Gasteiger partial charge in [-0.05, 0) is 36.5 Å². The summed E-state index contributed by atoms with van der Waals surface area (Å²) in [6.45, 7) is 5.38. The molecule has 0 radical (unpaired) electrons. The van der Waals surface area contributed by atoms with Crippen LogP contribution in [0.5, 0.6) is 0 Å². The third kappa shape index (κ3) is 5.21. The maximum Gasteiger partial charge on any atom is 0.140 e. The molecule has 0 aliphatic rings. The maximum absolute atomic E-state index is 12.8. The summed E-state index contributed by atoms with van der Waals surface area (Å²) in [6, 6.07) is 6.30. The van der Waals surface area contributed by atoms with Crippen molar-refractivity contribution in [1.82, 2.24) is 0 Å². The lowest BCUT2D eigenvalue weighted by Crippen LogP contribution is -2.21. The minimum absolute atomic E-state index is 0.00679. The molecule has 18 heavy (non-hydrogen) atoms. The molecule has 0 N–H and O–H groups in total. The highest BCUT2D eigenvalue weighted by molar-refractivity contribution is 5.98. The van der Waals surface area contributed by atoms with Gasteiger partial charge < -0.3 is 0 Å². The number of hydrogen-bond acceptors (Lipinski definition) is 2. The Morgan fingerprint density at radius 2 is 1.72 bits per heavy atom. The van der Waals surface area contributed by atoms with Gasteiger partial charge in [-0.2, -0.15) is 0 Å². The zero-order valence-electron chi connectivity index (χ0n) is 11.1. The summed E-state index contributed by atoms with van der Waals surface area (Å²) in [5.74, 6) is -0.392. The van der Waals surface area contributed by atoms with Crippen molar-refractivity contribution in [2.45, 2.75) is 40.0 Å². The third-order valence-corrected chi connectivity index (χ3v) is 2.72. The van der Waals surface area contributed by atoms with Crippen molar-refractivity contribution in [1.29, 1.82) is 0 Å². The number of carbonyl (C=O) groups excluding carboxylic acids is 2. The van der Waals surface area contributed by atoms with Crippen LogP contribution in [0, 0.1) is 11.2 Å². The molecule has 1 rings (SSSR count). The summed E-state index contributed by atoms with van der Waals surface area (Å²) in [4.78, 5) is 22.5. The Morgan fingerprint density at radius 3 is 2.22 bits per heavy atom. The molecular weight excluding hydrogens is 231 g/mol. The lowest BCUT2D eigenvalue weighted by atomic mass is 9.80. The average molecular weight is 250 g/mol. The number of rotatable bonds is 6. The fourth-order valence-corrected chi connectivity index (χ4v) is 2.09. The van der Waals surface area contributed by atoms with Gasteiger partial charge >= 0.3 is 0 Å². The van der Waals surface area contributed by atoms with Gasteiger partial charge in [0.15, 0.2) is 0 Å². The number of halogens is 1. The monoisotopic (exact) mass is 250 g/mol. The van der Waals surface area contributed by atoms with E-state index in [2.05, 4.69) is 0 Å². The van der Waals surface area contributed by atoms with E-state index in [9.17, 15) is 14.0 Å². The van der Waals surface area contributed by atoms with Crippen molar-refractivity contribution in [2.75, 3.05) is 0 Å². The Morgan fingerprint density at radius 1 is 1.17 bits per heavy atom. The van der Waals surface area contributed by atoms with Crippen molar-refractivity contribution < 1.29 is 14.0 Å². The highest BCUT2D eigenvalue weighted by Crippen LogP contribution is 2.27. The van der Waals surface area contributed by atoms with Crippen LogP contribution >= 0.6 is 0 Å². The molecule has 0 saturated carbocycles. The quantitative estimate of drug-likeness (QED) is 0.726. The first-order valence-corrected chi connectivity index (χ1v) is 6.04. The molecule has 0 bridgehead atoms. The largest absolute Gasteiger partial charge is 0.300 e. The molecule has 3 heteroatoms. The molecule has 0 aromatic heterocycles. The van der Waals surface area contributed by atoms with Gasteiger partial charge in [0.05, 0.1) is 6.42 Å². The van der Waals surface area contributed by atoms with Crippen molar-refractivity contribution >= 4 is 11.6 Å². The molecule has 0 unspecified atom stereocenters. The molecule has 98 valence electrons. The highest BCUT2D eigenvalue weighted by atomic mass is 19.1. The van der Waals surface area contributed by atoms with Crippen molar-refractivity contribution in [3.63, 3.8) is 0 Å². The van der Waals surface area contributed by atoms with Crippen molar-refractivity contribution in [3.05, 3.63) is 35.6 Å². The summed E-state index contributed by atoms with van der Waals surface area (Å²) in [5, 5.41) is 0. The predicted octanol–water partition coefficient (Wildman–Crippen LogP) is 3.33. The Bertz CT molecular complexity index is 432. The lowest BCUT2D eigenvalue weighted by Gasteiger charge is -2.23. The van der Waals surface area contributed by atoms with E-state index in [1.54, 1.807) is 12.1 Å². The molecule has 0 saturated heterocycles. The van der Waals surface area contributed by atoms with Crippen molar-refractivity contribution in [2.24, 2.45) is 5.41 Å². The molecular formula is C15H19FO2. The number of hydrogen-bond donors (Lipinski definition) is 0. The van der Waals surface area contributed by atoms with Gasteiger partial charge in [-0.1, -0.05) is 26.0 Å². The Balaban J connectivity index is 2.61. The molecule has 0 heterocycles. The first kappa shape index (κ1) is 14.6. The summed E-state index contributed by atoms with van der Waals surface area (Å²) in [6.07, 6.45) is 1.06. The van der Waals surface area contributed by atoms with Gasteiger partial charge in [0.25, 0.3) is 0 Å². The fourth-order valence-electron chi connectivity index (χ4n) is 2.09. The Kier molecular flexibility index (Phi) is 4.76. The van der Waals surface area contributed by atoms with Crippen LogP contribution in [0.4, 0.5) is 4.39 Å². The van der Waals surface area contributed by atoms with Gasteiger partial charge in [0, 0.05) is 6.42 Å². The highest BCUT2D eigenvalue weighted by Gasteiger charge is 2.23. The molecule has 0 spiro atoms. The first-order chi connectivity index (χ1) is 8.28. The normalized spacial score (nSPS) is 11.3. The van der Waals surface area contributed by atoms with E-state index in [4.69, 9.17) is 0 Å². The summed E-state index contributed by atoms with van der Waals surface area (Å²) in [7, 11) is 0. The van der Waals surface area contributed by atoms with Crippen molar-refractivity contribution in [3.8, 4) is 0 Å². The van der Waals surface area contributed by atoms with Crippen LogP contribution < -0.4 is 0 Å². The van der Waals surface area contributed by atoms with Crippen LogP contribution in [-0.2, 0) is 16.0 Å². The van der Waals surface area contributed by atoms with Crippen LogP contribution in [0.2, 0.25) is 0 Å². The molecule has 0 aliphatic heterocycles. The van der Waals surface area contributed by atoms with E-state index < -0.39 is 0 Å². The lowest BCUT2D eigenvalue weighted by molar-refractivity contribution is -0.127. The topological polar surface area (TPSA) is 34.1 Å². The second-order valence-corrected chi connectivity index (χ2v) is 5.56. The van der Waals surface area contributed by atoms with Crippen LogP contribution in [0.1, 0.15) is 39.2 Å². The minimum atomic E-state index is -0.260. The number of carbonyl (C=O) groups is 2. The van der Waals surface area contributed by atoms with Gasteiger partial charge in [0.1, 0.15) is 17.4 Å². The second kappa shape index (κ2) is 5.89. The average Bonchev–Trinajstić information content (AvgIpc) is 2.18. The number of benzene rings is 1. The number of Topliss-reactive ketones (excluding diaryl/α,β-unsaturated/α-hetero) is 2. The summed E-state index contributed by atoms with van der Waals surface area (Å²) in [5.41, 5.74) is 0.779. The summed E-state index contributed by atoms with van der Waals surface area (Å²) >= 11 is 0. The Labute approximate surface area is 107 Å². The molecule has 0 atom stereocenters. The van der Waals surface area contributed by atoms with Gasteiger partial charge in [-0.25, -0.2) is 4.39 Å². The zero-order chi connectivity index (χ0) is 13.8. The smallest absolute Gasteiger partial charge is 0.140 e. The molecule has 0 aliphatic carbocycles. The van der Waals surface area contributed by atoms with E-state index in [0.29, 0.717) is 12.8 Å². The SMILES string of the molecule is CC(=O)CC(=O)CC(C)(C)Cc1ccc(F)cc1. The standard InChI is InChI=1S/C15H19FO2/c1-11(17)8-14(18)10-15(2,3)9-12-4-6-13(16)7-5-12/h4-7H,8-10H2,1-3H3. The van der Waals surface area contributed by atoms with Crippen LogP contribution in [0.3, 0.4) is 0 Å². The van der Waals surface area contributed by atoms with Gasteiger partial charge in [-0.15, -0.1) is 0 Å². The number of ketones is 2. The minimum Gasteiger partial charge on any atom is -0.300 e. The third-order valence-electron chi connectivity index (χ3n) is 2.72. The molecule has 0 fully saturated rings. The van der Waals surface area contributed by atoms with Gasteiger partial charge in [0.2, 0.25) is 0 Å². The fraction of sp³-hybridized carbons (Fsp3) is 0.467. The van der Waals surface area contributed by atoms with Crippen LogP contribution in [0.25, 0.3) is 0 Å². The van der Waals surface area contributed by atoms with E-state index in [1.807, 2.05) is 13.8 Å². The maximum atomic E-state index is 12.8. The molecule has 2 nitrogen and oxygen atoms in total. The summed E-state index contributed by atoms with van der Waals surface area (Å²) < 4.78 is 12.8. The molecule has 1 aromatic rings. The van der Waals surface area contributed by atoms with E-state index in [-0.39, 0.29) is 29.2 Å². The van der Waals surface area contributed by atoms with E-state index in [1.165, 1.54) is 19.1 Å². The second-order valence-electron chi connectivity index (χ2n) is 5.56. The first-order valence-electron chi connectivity index (χ1n) is 6.04. The predicted molar refractivity (Wildman–Crippen MR) is 68.8 cm³/mol. The van der Waals surface area contributed by atoms with E-state index >= 15 is 0 Å². The van der Waals surface area contributed by atoms with Crippen LogP contribution in [0.15, 0.2) is 24.3 Å². The zero-order valence-corrected chi connectivity index (χ0v) is 11.1. The van der Waals surface area contributed by atoms with Crippen LogP contribution in [-0.4, -0.2) is 11.6 Å².